The summed E-state index contributed by atoms with van der Waals surface area (Å²) in [4.78, 5) is 49.9. The van der Waals surface area contributed by atoms with Crippen LogP contribution >= 0.6 is 22.9 Å². The fourth-order valence-electron chi connectivity index (χ4n) is 7.11. The molecule has 0 saturated carbocycles. The number of amides is 2. The number of carbonyl (C=O) groups excluding carboxylic acids is 3. The Morgan fingerprint density at radius 2 is 1.65 bits per heavy atom. The Morgan fingerprint density at radius 1 is 0.939 bits per heavy atom. The van der Waals surface area contributed by atoms with Gasteiger partial charge in [0.05, 0.1) is 19.2 Å². The van der Waals surface area contributed by atoms with Gasteiger partial charge in [-0.25, -0.2) is 0 Å². The van der Waals surface area contributed by atoms with Crippen molar-refractivity contribution in [3.8, 4) is 10.8 Å². The molecule has 0 bridgehead atoms. The van der Waals surface area contributed by atoms with Gasteiger partial charge >= 0.3 is 0 Å². The van der Waals surface area contributed by atoms with E-state index in [4.69, 9.17) is 21.3 Å². The monoisotopic (exact) mass is 696 g/mol. The fourth-order valence-corrected chi connectivity index (χ4v) is 8.45. The third kappa shape index (κ3) is 6.33. The molecule has 10 nitrogen and oxygen atoms in total. The molecule has 3 aliphatic rings. The van der Waals surface area contributed by atoms with Crippen LogP contribution in [0.5, 0.6) is 5.75 Å². The second-order valence-electron chi connectivity index (χ2n) is 12.9. The van der Waals surface area contributed by atoms with Crippen molar-refractivity contribution < 1.29 is 19.1 Å². The number of aryl methyl sites for hydroxylation is 2. The van der Waals surface area contributed by atoms with Crippen LogP contribution < -0.4 is 4.74 Å². The van der Waals surface area contributed by atoms with E-state index < -0.39 is 6.04 Å². The van der Waals surface area contributed by atoms with Gasteiger partial charge in [-0.2, -0.15) is 0 Å². The Hall–Kier alpha value is -4.61. The second kappa shape index (κ2) is 13.4. The Labute approximate surface area is 294 Å². The van der Waals surface area contributed by atoms with E-state index in [1.807, 2.05) is 36.1 Å². The zero-order valence-corrected chi connectivity index (χ0v) is 29.4. The normalized spacial score (nSPS) is 20.0. The topological polar surface area (TPSA) is 110 Å². The van der Waals surface area contributed by atoms with Crippen LogP contribution in [0.4, 0.5) is 0 Å². The van der Waals surface area contributed by atoms with Crippen molar-refractivity contribution in [3.05, 3.63) is 104 Å². The first-order valence-electron chi connectivity index (χ1n) is 16.4. The molecule has 7 rings (SSSR count). The third-order valence-corrected chi connectivity index (χ3v) is 11.4. The first-order valence-corrected chi connectivity index (χ1v) is 17.6. The lowest BCUT2D eigenvalue weighted by molar-refractivity contribution is -0.133. The summed E-state index contributed by atoms with van der Waals surface area (Å²) in [5.74, 6) is 2.11. The SMILES string of the molecule is COc1ccc(C(=O)/C=C/C(=O)N2CC3CCN(C(=O)C[C@@H]4N=C(c5ccc(Cl)cc5)c5c(sc(C)c5C)-n5c(C)nnc54)CC3C2)cc1. The lowest BCUT2D eigenvalue weighted by Gasteiger charge is -2.34. The van der Waals surface area contributed by atoms with Crippen molar-refractivity contribution in [2.75, 3.05) is 33.3 Å². The first-order chi connectivity index (χ1) is 23.6. The zero-order chi connectivity index (χ0) is 34.4. The van der Waals surface area contributed by atoms with Crippen molar-refractivity contribution in [2.24, 2.45) is 16.8 Å². The lowest BCUT2D eigenvalue weighted by atomic mass is 9.88. The summed E-state index contributed by atoms with van der Waals surface area (Å²) in [6.07, 6.45) is 3.65. The van der Waals surface area contributed by atoms with Crippen LogP contribution in [-0.4, -0.2) is 81.2 Å². The highest BCUT2D eigenvalue weighted by Crippen LogP contribution is 2.40. The summed E-state index contributed by atoms with van der Waals surface area (Å²) in [5.41, 5.74) is 4.40. The fraction of sp³-hybridized carbons (Fsp3) is 0.351. The molecule has 3 aliphatic heterocycles. The van der Waals surface area contributed by atoms with Crippen LogP contribution in [0.3, 0.4) is 0 Å². The van der Waals surface area contributed by atoms with Gasteiger partial charge in [0.1, 0.15) is 22.6 Å². The highest BCUT2D eigenvalue weighted by molar-refractivity contribution is 7.15. The van der Waals surface area contributed by atoms with Crippen molar-refractivity contribution in [2.45, 2.75) is 39.7 Å². The Bertz CT molecular complexity index is 2000. The number of piperidine rings is 1. The number of fused-ring (bicyclic) bond motifs is 4. The number of thiophene rings is 1. The molecule has 5 heterocycles. The molecule has 4 aromatic rings. The predicted molar refractivity (Wildman–Crippen MR) is 189 cm³/mol. The molecular weight excluding hydrogens is 660 g/mol. The van der Waals surface area contributed by atoms with Crippen LogP contribution in [0, 0.1) is 32.6 Å². The summed E-state index contributed by atoms with van der Waals surface area (Å²) < 4.78 is 7.21. The van der Waals surface area contributed by atoms with Gasteiger partial charge in [-0.1, -0.05) is 23.7 Å². The van der Waals surface area contributed by atoms with Crippen molar-refractivity contribution >= 4 is 46.2 Å². The minimum absolute atomic E-state index is 0.00257. The van der Waals surface area contributed by atoms with Crippen molar-refractivity contribution in [1.82, 2.24) is 24.6 Å². The van der Waals surface area contributed by atoms with E-state index in [0.717, 1.165) is 39.6 Å². The molecule has 0 radical (unpaired) electrons. The molecule has 2 fully saturated rings. The average Bonchev–Trinajstić information content (AvgIpc) is 3.77. The van der Waals surface area contributed by atoms with Crippen molar-refractivity contribution in [1.29, 1.82) is 0 Å². The Kier molecular flexibility index (Phi) is 8.97. The molecule has 0 aliphatic carbocycles. The number of ketones is 1. The highest BCUT2D eigenvalue weighted by Gasteiger charge is 2.40. The first kappa shape index (κ1) is 32.9. The number of rotatable bonds is 7. The molecule has 252 valence electrons. The van der Waals surface area contributed by atoms with Gasteiger partial charge < -0.3 is 14.5 Å². The summed E-state index contributed by atoms with van der Waals surface area (Å²) in [5, 5.41) is 10.6. The molecule has 2 amide bonds. The Balaban J connectivity index is 1.07. The number of hydrogen-bond donors (Lipinski definition) is 0. The highest BCUT2D eigenvalue weighted by atomic mass is 35.5. The molecule has 2 unspecified atom stereocenters. The maximum absolute atomic E-state index is 14.0. The maximum atomic E-state index is 14.0. The Morgan fingerprint density at radius 3 is 2.39 bits per heavy atom. The van der Waals surface area contributed by atoms with Gasteiger partial charge in [0, 0.05) is 58.8 Å². The average molecular weight is 697 g/mol. The van der Waals surface area contributed by atoms with Gasteiger partial charge in [-0.15, -0.1) is 21.5 Å². The minimum atomic E-state index is -0.536. The molecule has 2 aromatic heterocycles. The van der Waals surface area contributed by atoms with Crippen LogP contribution in [0.15, 0.2) is 65.7 Å². The van der Waals surface area contributed by atoms with Gasteiger partial charge in [-0.3, -0.25) is 23.9 Å². The number of allylic oxidation sites excluding steroid dienone is 1. The van der Waals surface area contributed by atoms with Crippen LogP contribution in [0.1, 0.15) is 62.5 Å². The van der Waals surface area contributed by atoms with Gasteiger partial charge in [-0.05, 0) is 87.1 Å². The molecule has 0 spiro atoms. The smallest absolute Gasteiger partial charge is 0.246 e. The van der Waals surface area contributed by atoms with Crippen LogP contribution in [-0.2, 0) is 9.59 Å². The number of nitrogens with zero attached hydrogens (tertiary/aromatic N) is 6. The summed E-state index contributed by atoms with van der Waals surface area (Å²) in [6, 6.07) is 13.9. The maximum Gasteiger partial charge on any atom is 0.246 e. The standard InChI is InChI=1S/C37H37ClN6O4S/c1-21-22(2)49-37-34(21)35(25-5-9-28(38)10-6-25)39-30(36-41-40-23(3)44(36)37)17-33(47)42-16-15-26-18-43(20-27(26)19-42)32(46)14-13-31(45)24-7-11-29(48-4)12-8-24/h5-14,26-27,30H,15-20H2,1-4H3/b14-13+/t26?,27?,30-/m0/s1. The van der Waals surface area contributed by atoms with E-state index in [-0.39, 0.29) is 29.9 Å². The quantitative estimate of drug-likeness (QED) is 0.175. The van der Waals surface area contributed by atoms with Crippen LogP contribution in [0.2, 0.25) is 5.02 Å². The van der Waals surface area contributed by atoms with E-state index in [2.05, 4.69) is 28.6 Å². The molecule has 12 heteroatoms. The molecule has 0 N–H and O–H groups in total. The number of aromatic nitrogens is 3. The number of ether oxygens (including phenoxy) is 1. The van der Waals surface area contributed by atoms with Gasteiger partial charge in [0.15, 0.2) is 11.6 Å². The van der Waals surface area contributed by atoms with E-state index in [9.17, 15) is 14.4 Å². The molecular formula is C37H37ClN6O4S. The summed E-state index contributed by atoms with van der Waals surface area (Å²) in [6.45, 7) is 8.49. The number of aliphatic imine (C=N–C) groups is 1. The number of methoxy groups -OCH3 is 1. The lowest BCUT2D eigenvalue weighted by Crippen LogP contribution is -2.43. The molecule has 2 saturated heterocycles. The van der Waals surface area contributed by atoms with E-state index in [1.54, 1.807) is 47.6 Å². The number of hydrogen-bond acceptors (Lipinski definition) is 8. The summed E-state index contributed by atoms with van der Waals surface area (Å²) in [7, 11) is 1.57. The number of likely N-dealkylation sites (tertiary alicyclic amines) is 2. The molecule has 49 heavy (non-hydrogen) atoms. The minimum Gasteiger partial charge on any atom is -0.497 e. The zero-order valence-electron chi connectivity index (χ0n) is 27.9. The molecule has 2 aromatic carbocycles. The van der Waals surface area contributed by atoms with Gasteiger partial charge in [0.2, 0.25) is 11.8 Å². The van der Waals surface area contributed by atoms with E-state index >= 15 is 0 Å². The van der Waals surface area contributed by atoms with E-state index in [0.29, 0.717) is 54.3 Å². The second-order valence-corrected chi connectivity index (χ2v) is 14.6. The number of carbonyl (C=O) groups is 3. The van der Waals surface area contributed by atoms with Gasteiger partial charge in [0.25, 0.3) is 0 Å². The van der Waals surface area contributed by atoms with Crippen molar-refractivity contribution in [3.63, 3.8) is 0 Å². The van der Waals surface area contributed by atoms with Crippen LogP contribution in [0.25, 0.3) is 5.00 Å². The number of benzene rings is 2. The van der Waals surface area contributed by atoms with E-state index in [1.165, 1.54) is 17.0 Å². The third-order valence-electron chi connectivity index (χ3n) is 9.94. The molecule has 3 atom stereocenters. The number of halogens is 1. The summed E-state index contributed by atoms with van der Waals surface area (Å²) >= 11 is 7.93. The predicted octanol–water partition coefficient (Wildman–Crippen LogP) is 5.94. The largest absolute Gasteiger partial charge is 0.497 e.